The molecule has 6 heteroatoms. The number of nitrogens with zero attached hydrogens (tertiary/aromatic N) is 3. The van der Waals surface area contributed by atoms with Crippen LogP contribution in [0.1, 0.15) is 26.3 Å². The molecule has 0 saturated carbocycles. The van der Waals surface area contributed by atoms with Gasteiger partial charge in [0.25, 0.3) is 0 Å². The number of rotatable bonds is 6. The first-order valence-corrected chi connectivity index (χ1v) is 9.99. The summed E-state index contributed by atoms with van der Waals surface area (Å²) in [4.78, 5) is 6.77. The summed E-state index contributed by atoms with van der Waals surface area (Å²) in [6.07, 6.45) is 1.84. The molecule has 2 aromatic heterocycles. The van der Waals surface area contributed by atoms with Crippen LogP contribution in [0.15, 0.2) is 57.3 Å². The van der Waals surface area contributed by atoms with E-state index in [1.54, 1.807) is 22.7 Å². The number of ether oxygens (including phenoxy) is 1. The number of thiazole rings is 1. The minimum absolute atomic E-state index is 0.215. The molecule has 0 spiro atoms. The zero-order valence-electron chi connectivity index (χ0n) is 14.5. The Balaban J connectivity index is 2.06. The largest absolute Gasteiger partial charge is 0.493 e. The molecule has 0 fully saturated rings. The molecule has 130 valence electrons. The topological polar surface area (TPSA) is 38.9 Å². The van der Waals surface area contributed by atoms with E-state index >= 15 is 0 Å². The van der Waals surface area contributed by atoms with Gasteiger partial charge in [-0.1, -0.05) is 18.2 Å². The van der Waals surface area contributed by atoms with E-state index in [0.717, 1.165) is 21.8 Å². The fraction of sp³-hybridized carbons (Fsp3) is 0.263. The molecule has 0 atom stereocenters. The van der Waals surface area contributed by atoms with E-state index in [0.29, 0.717) is 6.61 Å². The maximum Gasteiger partial charge on any atom is 0.206 e. The van der Waals surface area contributed by atoms with E-state index in [1.165, 1.54) is 4.88 Å². The monoisotopic (exact) mass is 371 g/mol. The summed E-state index contributed by atoms with van der Waals surface area (Å²) in [6, 6.07) is 12.3. The first-order chi connectivity index (χ1) is 12.2. The maximum absolute atomic E-state index is 5.68. The molecule has 0 amide bonds. The van der Waals surface area contributed by atoms with E-state index in [9.17, 15) is 0 Å². The van der Waals surface area contributed by atoms with Gasteiger partial charge in [-0.15, -0.1) is 22.7 Å². The highest BCUT2D eigenvalue weighted by Crippen LogP contribution is 2.25. The molecule has 0 aliphatic rings. The third-order valence-corrected chi connectivity index (χ3v) is 5.08. The highest BCUT2D eigenvalue weighted by atomic mass is 32.1. The molecule has 0 aliphatic heterocycles. The van der Waals surface area contributed by atoms with Crippen molar-refractivity contribution in [2.75, 3.05) is 6.61 Å². The molecular formula is C19H21N3OS2. The predicted octanol–water partition coefficient (Wildman–Crippen LogP) is 4.87. The Kier molecular flexibility index (Phi) is 5.83. The zero-order valence-corrected chi connectivity index (χ0v) is 16.2. The summed E-state index contributed by atoms with van der Waals surface area (Å²) in [5, 5.41) is 8.91. The second-order valence-corrected chi connectivity index (χ2v) is 7.42. The first kappa shape index (κ1) is 17.6. The second kappa shape index (κ2) is 8.27. The van der Waals surface area contributed by atoms with Gasteiger partial charge >= 0.3 is 0 Å². The van der Waals surface area contributed by atoms with Gasteiger partial charge in [0.15, 0.2) is 0 Å². The first-order valence-electron chi connectivity index (χ1n) is 8.23. The van der Waals surface area contributed by atoms with Crippen LogP contribution in [0, 0.1) is 0 Å². The Morgan fingerprint density at radius 1 is 1.16 bits per heavy atom. The Hall–Kier alpha value is -2.18. The van der Waals surface area contributed by atoms with Gasteiger partial charge in [0.1, 0.15) is 5.75 Å². The van der Waals surface area contributed by atoms with Gasteiger partial charge in [-0.05, 0) is 44.4 Å². The average molecular weight is 372 g/mol. The van der Waals surface area contributed by atoms with Gasteiger partial charge in [-0.2, -0.15) is 5.10 Å². The van der Waals surface area contributed by atoms with Crippen LogP contribution in [0.4, 0.5) is 0 Å². The number of para-hydroxylation sites is 1. The number of hydrogen-bond acceptors (Lipinski definition) is 5. The lowest BCUT2D eigenvalue weighted by Gasteiger charge is -2.06. The predicted molar refractivity (Wildman–Crippen MR) is 107 cm³/mol. The van der Waals surface area contributed by atoms with Crippen molar-refractivity contribution in [3.63, 3.8) is 0 Å². The lowest BCUT2D eigenvalue weighted by atomic mass is 10.2. The molecule has 1 aromatic carbocycles. The van der Waals surface area contributed by atoms with E-state index in [4.69, 9.17) is 14.8 Å². The van der Waals surface area contributed by atoms with Gasteiger partial charge in [0.05, 0.1) is 23.4 Å². The average Bonchev–Trinajstić information content (AvgIpc) is 3.24. The number of hydrogen-bond donors (Lipinski definition) is 0. The van der Waals surface area contributed by atoms with Crippen LogP contribution in [0.25, 0.3) is 10.6 Å². The van der Waals surface area contributed by atoms with E-state index in [2.05, 4.69) is 36.7 Å². The summed E-state index contributed by atoms with van der Waals surface area (Å²) in [5.74, 6) is 0.838. The summed E-state index contributed by atoms with van der Waals surface area (Å²) in [6.45, 7) is 6.76. The third-order valence-electron chi connectivity index (χ3n) is 3.36. The molecule has 0 unspecified atom stereocenters. The van der Waals surface area contributed by atoms with Gasteiger partial charge in [-0.25, -0.2) is 4.68 Å². The van der Waals surface area contributed by atoms with Crippen LogP contribution in [0.5, 0.6) is 5.75 Å². The van der Waals surface area contributed by atoms with Crippen LogP contribution in [0.3, 0.4) is 0 Å². The van der Waals surface area contributed by atoms with E-state index in [-0.39, 0.29) is 6.04 Å². The smallest absolute Gasteiger partial charge is 0.206 e. The summed E-state index contributed by atoms with van der Waals surface area (Å²) < 4.78 is 7.60. The molecule has 0 radical (unpaired) electrons. The van der Waals surface area contributed by atoms with Crippen molar-refractivity contribution < 1.29 is 4.74 Å². The normalized spacial score (nSPS) is 12.4. The van der Waals surface area contributed by atoms with Crippen LogP contribution >= 0.6 is 22.7 Å². The Labute approximate surface area is 155 Å². The van der Waals surface area contributed by atoms with Gasteiger partial charge < -0.3 is 4.74 Å². The molecule has 4 nitrogen and oxygen atoms in total. The quantitative estimate of drug-likeness (QED) is 0.570. The van der Waals surface area contributed by atoms with Crippen LogP contribution < -0.4 is 9.54 Å². The zero-order chi connectivity index (χ0) is 17.6. The molecule has 0 aliphatic carbocycles. The minimum atomic E-state index is 0.215. The number of thiophene rings is 1. The van der Waals surface area contributed by atoms with Crippen LogP contribution in [-0.4, -0.2) is 23.5 Å². The molecule has 0 bridgehead atoms. The standard InChI is InChI=1S/C19H21N3OS2/c1-4-23-17-9-6-5-8-15(17)12-20-22-16(18-10-7-11-24-18)13-25-19(22)21-14(2)3/h5-14H,4H2,1-3H3. The van der Waals surface area contributed by atoms with Crippen LogP contribution in [-0.2, 0) is 0 Å². The number of benzene rings is 1. The molecule has 3 rings (SSSR count). The number of aromatic nitrogens is 1. The Bertz CT molecular complexity index is 905. The van der Waals surface area contributed by atoms with Gasteiger partial charge in [0.2, 0.25) is 4.80 Å². The highest BCUT2D eigenvalue weighted by Gasteiger charge is 2.09. The lowest BCUT2D eigenvalue weighted by molar-refractivity contribution is 0.340. The third kappa shape index (κ3) is 4.27. The van der Waals surface area contributed by atoms with E-state index < -0.39 is 0 Å². The van der Waals surface area contributed by atoms with E-state index in [1.807, 2.05) is 42.1 Å². The Morgan fingerprint density at radius 2 is 2.00 bits per heavy atom. The summed E-state index contributed by atoms with van der Waals surface area (Å²) in [7, 11) is 0. The van der Waals surface area contributed by atoms with Crippen molar-refractivity contribution in [3.05, 3.63) is 57.5 Å². The van der Waals surface area contributed by atoms with Crippen molar-refractivity contribution in [1.82, 2.24) is 4.68 Å². The lowest BCUT2D eigenvalue weighted by Crippen LogP contribution is -2.14. The fourth-order valence-corrected chi connectivity index (χ4v) is 4.07. The van der Waals surface area contributed by atoms with Crippen molar-refractivity contribution in [1.29, 1.82) is 0 Å². The Morgan fingerprint density at radius 3 is 2.72 bits per heavy atom. The highest BCUT2D eigenvalue weighted by molar-refractivity contribution is 7.14. The van der Waals surface area contributed by atoms with Crippen molar-refractivity contribution in [2.45, 2.75) is 26.8 Å². The fourth-order valence-electron chi connectivity index (χ4n) is 2.31. The van der Waals surface area contributed by atoms with Crippen LogP contribution in [0.2, 0.25) is 0 Å². The van der Waals surface area contributed by atoms with Crippen molar-refractivity contribution >= 4 is 28.9 Å². The minimum Gasteiger partial charge on any atom is -0.493 e. The maximum atomic E-state index is 5.68. The van der Waals surface area contributed by atoms with Crippen molar-refractivity contribution in [3.8, 4) is 16.3 Å². The summed E-state index contributed by atoms with van der Waals surface area (Å²) >= 11 is 3.31. The molecule has 2 heterocycles. The second-order valence-electron chi connectivity index (χ2n) is 5.63. The van der Waals surface area contributed by atoms with Gasteiger partial charge in [0, 0.05) is 17.0 Å². The molecular weight excluding hydrogens is 350 g/mol. The SMILES string of the molecule is CCOc1ccccc1C=Nn1c(-c2cccs2)csc1=NC(C)C. The molecule has 0 N–H and O–H groups in total. The summed E-state index contributed by atoms with van der Waals surface area (Å²) in [5.41, 5.74) is 2.01. The van der Waals surface area contributed by atoms with Crippen molar-refractivity contribution in [2.24, 2.45) is 10.1 Å². The van der Waals surface area contributed by atoms with Gasteiger partial charge in [-0.3, -0.25) is 4.99 Å². The molecule has 3 aromatic rings. The molecule has 0 saturated heterocycles. The molecule has 25 heavy (non-hydrogen) atoms.